The SMILES string of the molecule is C=C.NC1CCSCC(=O)C1. The lowest BCUT2D eigenvalue weighted by atomic mass is 10.1. The molecule has 2 N–H and O–H groups in total. The van der Waals surface area contributed by atoms with Crippen LogP contribution in [0, 0.1) is 0 Å². The molecule has 1 aliphatic heterocycles. The van der Waals surface area contributed by atoms with Gasteiger partial charge in [-0.3, -0.25) is 4.79 Å². The van der Waals surface area contributed by atoms with E-state index >= 15 is 0 Å². The van der Waals surface area contributed by atoms with Gasteiger partial charge in [0.25, 0.3) is 0 Å². The van der Waals surface area contributed by atoms with Gasteiger partial charge in [-0.1, -0.05) is 0 Å². The number of Topliss-reactive ketones (excluding diaryl/α,β-unsaturated/α-hetero) is 1. The Balaban J connectivity index is 0.000000461. The van der Waals surface area contributed by atoms with Crippen molar-refractivity contribution in [2.45, 2.75) is 18.9 Å². The van der Waals surface area contributed by atoms with E-state index in [1.165, 1.54) is 0 Å². The number of rotatable bonds is 0. The smallest absolute Gasteiger partial charge is 0.144 e. The molecule has 0 amide bonds. The Morgan fingerprint density at radius 2 is 2.18 bits per heavy atom. The molecule has 1 saturated heterocycles. The van der Waals surface area contributed by atoms with Crippen LogP contribution in [0.4, 0.5) is 0 Å². The van der Waals surface area contributed by atoms with Gasteiger partial charge in [-0.05, 0) is 12.2 Å². The van der Waals surface area contributed by atoms with Gasteiger partial charge in [0.15, 0.2) is 0 Å². The molecule has 1 aliphatic rings. The van der Waals surface area contributed by atoms with Crippen molar-refractivity contribution in [2.24, 2.45) is 5.73 Å². The summed E-state index contributed by atoms with van der Waals surface area (Å²) in [5.74, 6) is 2.03. The molecule has 0 saturated carbocycles. The fourth-order valence-electron chi connectivity index (χ4n) is 0.874. The summed E-state index contributed by atoms with van der Waals surface area (Å²) in [6.07, 6.45) is 1.59. The maximum Gasteiger partial charge on any atom is 0.144 e. The van der Waals surface area contributed by atoms with E-state index in [9.17, 15) is 4.79 Å². The van der Waals surface area contributed by atoms with Crippen molar-refractivity contribution in [1.29, 1.82) is 0 Å². The minimum atomic E-state index is 0.132. The van der Waals surface area contributed by atoms with Crippen LogP contribution in [-0.4, -0.2) is 23.3 Å². The Labute approximate surface area is 72.2 Å². The van der Waals surface area contributed by atoms with E-state index in [1.807, 2.05) is 0 Å². The molecule has 3 heteroatoms. The lowest BCUT2D eigenvalue weighted by Crippen LogP contribution is -2.22. The third-order valence-electron chi connectivity index (χ3n) is 1.39. The van der Waals surface area contributed by atoms with Gasteiger partial charge in [-0.2, -0.15) is 11.8 Å². The fourth-order valence-corrected chi connectivity index (χ4v) is 1.83. The van der Waals surface area contributed by atoms with Gasteiger partial charge in [0.2, 0.25) is 0 Å². The van der Waals surface area contributed by atoms with E-state index in [0.717, 1.165) is 12.2 Å². The van der Waals surface area contributed by atoms with Crippen molar-refractivity contribution >= 4 is 17.5 Å². The molecule has 0 aromatic heterocycles. The Morgan fingerprint density at radius 1 is 1.55 bits per heavy atom. The summed E-state index contributed by atoms with van der Waals surface area (Å²) >= 11 is 1.70. The van der Waals surface area contributed by atoms with Crippen molar-refractivity contribution in [3.05, 3.63) is 13.2 Å². The van der Waals surface area contributed by atoms with Gasteiger partial charge in [0, 0.05) is 12.5 Å². The number of nitrogens with two attached hydrogens (primary N) is 1. The molecule has 0 radical (unpaired) electrons. The minimum Gasteiger partial charge on any atom is -0.327 e. The van der Waals surface area contributed by atoms with Crippen LogP contribution in [0.5, 0.6) is 0 Å². The molecule has 1 rings (SSSR count). The van der Waals surface area contributed by atoms with E-state index < -0.39 is 0 Å². The molecule has 1 atom stereocenters. The highest BCUT2D eigenvalue weighted by molar-refractivity contribution is 7.99. The number of hydrogen-bond acceptors (Lipinski definition) is 3. The first-order chi connectivity index (χ1) is 5.29. The molecule has 0 spiro atoms. The molecule has 0 aromatic carbocycles. The summed E-state index contributed by atoms with van der Waals surface area (Å²) in [6.45, 7) is 6.00. The molecule has 2 nitrogen and oxygen atoms in total. The first kappa shape index (κ1) is 10.7. The third kappa shape index (κ3) is 5.04. The zero-order valence-electron chi connectivity index (χ0n) is 6.71. The third-order valence-corrected chi connectivity index (χ3v) is 2.44. The predicted octanol–water partition coefficient (Wildman–Crippen LogP) is 1.21. The normalized spacial score (nSPS) is 24.8. The second kappa shape index (κ2) is 6.43. The summed E-state index contributed by atoms with van der Waals surface area (Å²) in [7, 11) is 0. The molecule has 0 aliphatic carbocycles. The maximum atomic E-state index is 10.8. The van der Waals surface area contributed by atoms with Crippen molar-refractivity contribution in [1.82, 2.24) is 0 Å². The molecule has 64 valence electrons. The number of ketones is 1. The number of hydrogen-bond donors (Lipinski definition) is 1. The molecule has 0 aromatic rings. The van der Waals surface area contributed by atoms with E-state index in [1.54, 1.807) is 11.8 Å². The number of carbonyl (C=O) groups excluding carboxylic acids is 1. The lowest BCUT2D eigenvalue weighted by Gasteiger charge is -2.02. The standard InChI is InChI=1S/C6H11NOS.C2H4/c7-5-1-2-9-4-6(8)3-5;1-2/h5H,1-4,7H2;1-2H2. The molecule has 1 heterocycles. The second-order valence-corrected chi connectivity index (χ2v) is 3.45. The van der Waals surface area contributed by atoms with Crippen LogP contribution >= 0.6 is 11.8 Å². The van der Waals surface area contributed by atoms with Crippen LogP contribution in [0.15, 0.2) is 13.2 Å². The van der Waals surface area contributed by atoms with Crippen molar-refractivity contribution in [3.8, 4) is 0 Å². The maximum absolute atomic E-state index is 10.8. The van der Waals surface area contributed by atoms with Gasteiger partial charge in [0.1, 0.15) is 5.78 Å². The summed E-state index contributed by atoms with van der Waals surface area (Å²) in [5, 5.41) is 0. The lowest BCUT2D eigenvalue weighted by molar-refractivity contribution is -0.116. The zero-order chi connectivity index (χ0) is 8.69. The predicted molar refractivity (Wildman–Crippen MR) is 50.8 cm³/mol. The van der Waals surface area contributed by atoms with Crippen LogP contribution in [0.25, 0.3) is 0 Å². The zero-order valence-corrected chi connectivity index (χ0v) is 7.53. The molecular weight excluding hydrogens is 158 g/mol. The Bertz CT molecular complexity index is 127. The molecule has 1 unspecified atom stereocenters. The van der Waals surface area contributed by atoms with Crippen LogP contribution < -0.4 is 5.73 Å². The van der Waals surface area contributed by atoms with Gasteiger partial charge < -0.3 is 5.73 Å². The van der Waals surface area contributed by atoms with Crippen LogP contribution in [0.1, 0.15) is 12.8 Å². The average molecular weight is 173 g/mol. The molecule has 1 fully saturated rings. The highest BCUT2D eigenvalue weighted by atomic mass is 32.2. The minimum absolute atomic E-state index is 0.132. The number of thioether (sulfide) groups is 1. The van der Waals surface area contributed by atoms with E-state index in [4.69, 9.17) is 5.73 Å². The summed E-state index contributed by atoms with van der Waals surface area (Å²) in [6, 6.07) is 0.132. The first-order valence-electron chi connectivity index (χ1n) is 3.64. The van der Waals surface area contributed by atoms with Crippen molar-refractivity contribution < 1.29 is 4.79 Å². The average Bonchev–Trinajstić information content (AvgIpc) is 2.18. The molecule has 11 heavy (non-hydrogen) atoms. The topological polar surface area (TPSA) is 43.1 Å². The second-order valence-electron chi connectivity index (χ2n) is 2.34. The van der Waals surface area contributed by atoms with E-state index in [0.29, 0.717) is 18.0 Å². The first-order valence-corrected chi connectivity index (χ1v) is 4.79. The fraction of sp³-hybridized carbons (Fsp3) is 0.625. The highest BCUT2D eigenvalue weighted by Crippen LogP contribution is 2.12. The monoisotopic (exact) mass is 173 g/mol. The quantitative estimate of drug-likeness (QED) is 0.560. The number of carbonyl (C=O) groups is 1. The molecule has 0 bridgehead atoms. The van der Waals surface area contributed by atoms with Crippen molar-refractivity contribution in [3.63, 3.8) is 0 Å². The van der Waals surface area contributed by atoms with E-state index in [-0.39, 0.29) is 6.04 Å². The van der Waals surface area contributed by atoms with Gasteiger partial charge in [-0.15, -0.1) is 13.2 Å². The van der Waals surface area contributed by atoms with Crippen LogP contribution in [-0.2, 0) is 4.79 Å². The molecular formula is C8H15NOS. The van der Waals surface area contributed by atoms with Crippen LogP contribution in [0.3, 0.4) is 0 Å². The summed E-state index contributed by atoms with van der Waals surface area (Å²) < 4.78 is 0. The summed E-state index contributed by atoms with van der Waals surface area (Å²) in [5.41, 5.74) is 5.59. The van der Waals surface area contributed by atoms with E-state index in [2.05, 4.69) is 13.2 Å². The van der Waals surface area contributed by atoms with Crippen molar-refractivity contribution in [2.75, 3.05) is 11.5 Å². The summed E-state index contributed by atoms with van der Waals surface area (Å²) in [4.78, 5) is 10.8. The van der Waals surface area contributed by atoms with Gasteiger partial charge >= 0.3 is 0 Å². The van der Waals surface area contributed by atoms with Gasteiger partial charge in [0.05, 0.1) is 5.75 Å². The Hall–Kier alpha value is -0.280. The largest absolute Gasteiger partial charge is 0.327 e. The van der Waals surface area contributed by atoms with Gasteiger partial charge in [-0.25, -0.2) is 0 Å². The van der Waals surface area contributed by atoms with Crippen LogP contribution in [0.2, 0.25) is 0 Å². The Kier molecular flexibility index (Phi) is 6.27. The Morgan fingerprint density at radius 3 is 2.82 bits per heavy atom. The highest BCUT2D eigenvalue weighted by Gasteiger charge is 2.13.